The SMILES string of the molecule is [C-]#[N+]c1ccc(-c2cc(C#N)ccc2-c2ccc(-n3c4ccccc4c4cc(C#N)ccc43)cc2)c(-n2c3ccccc3c3ccccc32)c1. The molecule has 0 saturated carbocycles. The molecular weight excluding hydrogens is 611 g/mol. The molecule has 0 radical (unpaired) electrons. The van der Waals surface area contributed by atoms with E-state index in [9.17, 15) is 10.5 Å². The lowest BCUT2D eigenvalue weighted by molar-refractivity contribution is 1.18. The topological polar surface area (TPSA) is 61.8 Å². The van der Waals surface area contributed by atoms with E-state index >= 15 is 0 Å². The van der Waals surface area contributed by atoms with Crippen LogP contribution in [0, 0.1) is 29.2 Å². The number of nitrogens with zero attached hydrogens (tertiary/aromatic N) is 5. The summed E-state index contributed by atoms with van der Waals surface area (Å²) in [6.45, 7) is 7.86. The maximum absolute atomic E-state index is 10.0. The summed E-state index contributed by atoms with van der Waals surface area (Å²) in [5, 5.41) is 24.0. The lowest BCUT2D eigenvalue weighted by atomic mass is 9.91. The minimum Gasteiger partial charge on any atom is -0.310 e. The number of aromatic nitrogens is 2. The maximum atomic E-state index is 10.0. The fourth-order valence-electron chi connectivity index (χ4n) is 7.38. The molecule has 0 atom stereocenters. The molecule has 7 aromatic carbocycles. The molecule has 0 bridgehead atoms. The molecule has 2 heterocycles. The first-order valence-corrected chi connectivity index (χ1v) is 16.3. The molecule has 5 nitrogen and oxygen atoms in total. The Kier molecular flexibility index (Phi) is 6.56. The summed E-state index contributed by atoms with van der Waals surface area (Å²) in [6.07, 6.45) is 0. The molecule has 0 spiro atoms. The Balaban J connectivity index is 1.25. The zero-order valence-corrected chi connectivity index (χ0v) is 26.7. The number of nitriles is 2. The van der Waals surface area contributed by atoms with Crippen LogP contribution in [0.1, 0.15) is 11.1 Å². The highest BCUT2D eigenvalue weighted by molar-refractivity contribution is 6.11. The Bertz CT molecular complexity index is 2900. The summed E-state index contributed by atoms with van der Waals surface area (Å²) >= 11 is 0. The van der Waals surface area contributed by atoms with Crippen LogP contribution in [0.3, 0.4) is 0 Å². The number of fused-ring (bicyclic) bond motifs is 6. The van der Waals surface area contributed by atoms with Crippen LogP contribution >= 0.6 is 0 Å². The van der Waals surface area contributed by atoms with Crippen LogP contribution in [0.4, 0.5) is 5.69 Å². The summed E-state index contributed by atoms with van der Waals surface area (Å²) in [7, 11) is 0. The molecule has 0 amide bonds. The minimum absolute atomic E-state index is 0.543. The summed E-state index contributed by atoms with van der Waals surface area (Å²) in [5.74, 6) is 0. The minimum atomic E-state index is 0.543. The highest BCUT2D eigenvalue weighted by atomic mass is 15.0. The molecule has 9 rings (SSSR count). The molecule has 9 aromatic rings. The molecule has 0 unspecified atom stereocenters. The average molecular weight is 636 g/mol. The molecule has 5 heteroatoms. The van der Waals surface area contributed by atoms with E-state index in [0.29, 0.717) is 16.8 Å². The molecule has 0 aliphatic carbocycles. The zero-order valence-electron chi connectivity index (χ0n) is 26.7. The van der Waals surface area contributed by atoms with E-state index in [4.69, 9.17) is 6.57 Å². The second-order valence-electron chi connectivity index (χ2n) is 12.3. The van der Waals surface area contributed by atoms with E-state index in [0.717, 1.165) is 77.2 Å². The third-order valence-electron chi connectivity index (χ3n) is 9.61. The second kappa shape index (κ2) is 11.4. The number of hydrogen-bond acceptors (Lipinski definition) is 2. The molecule has 2 aromatic heterocycles. The number of benzene rings is 7. The van der Waals surface area contributed by atoms with E-state index in [1.165, 1.54) is 0 Å². The summed E-state index contributed by atoms with van der Waals surface area (Å²) < 4.78 is 4.47. The Morgan fingerprint density at radius 2 is 1.00 bits per heavy atom. The van der Waals surface area contributed by atoms with Crippen LogP contribution in [0.2, 0.25) is 0 Å². The van der Waals surface area contributed by atoms with Crippen molar-refractivity contribution in [2.24, 2.45) is 0 Å². The largest absolute Gasteiger partial charge is 0.310 e. The maximum Gasteiger partial charge on any atom is 0.189 e. The smallest absolute Gasteiger partial charge is 0.189 e. The van der Waals surface area contributed by atoms with E-state index in [1.54, 1.807) is 0 Å². The predicted octanol–water partition coefficient (Wildman–Crippen LogP) is 11.5. The standard InChI is InChI=1S/C45H25N5/c1-48-32-18-22-38(45(26-32)50-42-12-6-2-8-35(42)36-9-3-7-13-43(36)50)39-24-29(27-46)14-21-34(39)31-16-19-33(20-17-31)49-41-11-5-4-10-37(41)40-25-30(28-47)15-23-44(40)49/h2-26H. The van der Waals surface area contributed by atoms with Gasteiger partial charge in [0.15, 0.2) is 5.69 Å². The lowest BCUT2D eigenvalue weighted by Crippen LogP contribution is -1.99. The third-order valence-corrected chi connectivity index (χ3v) is 9.61. The number of para-hydroxylation sites is 3. The quantitative estimate of drug-likeness (QED) is 0.181. The fourth-order valence-corrected chi connectivity index (χ4v) is 7.38. The second-order valence-corrected chi connectivity index (χ2v) is 12.3. The number of hydrogen-bond donors (Lipinski definition) is 0. The highest BCUT2D eigenvalue weighted by Crippen LogP contribution is 2.42. The molecule has 0 N–H and O–H groups in total. The molecule has 230 valence electrons. The summed E-state index contributed by atoms with van der Waals surface area (Å²) in [4.78, 5) is 3.80. The molecular formula is C45H25N5. The van der Waals surface area contributed by atoms with Crippen LogP contribution in [0.25, 0.3) is 82.1 Å². The van der Waals surface area contributed by atoms with Crippen molar-refractivity contribution in [3.63, 3.8) is 0 Å². The van der Waals surface area contributed by atoms with Crippen LogP contribution in [0.5, 0.6) is 0 Å². The van der Waals surface area contributed by atoms with Gasteiger partial charge < -0.3 is 9.13 Å². The van der Waals surface area contributed by atoms with E-state index < -0.39 is 0 Å². The Morgan fingerprint density at radius 3 is 1.64 bits per heavy atom. The van der Waals surface area contributed by atoms with Gasteiger partial charge in [0.1, 0.15) is 0 Å². The van der Waals surface area contributed by atoms with Crippen LogP contribution < -0.4 is 0 Å². The molecule has 0 aliphatic rings. The van der Waals surface area contributed by atoms with Crippen molar-refractivity contribution in [1.29, 1.82) is 10.5 Å². The highest BCUT2D eigenvalue weighted by Gasteiger charge is 2.19. The van der Waals surface area contributed by atoms with Crippen molar-refractivity contribution in [2.75, 3.05) is 0 Å². The zero-order chi connectivity index (χ0) is 33.8. The molecule has 0 fully saturated rings. The van der Waals surface area contributed by atoms with Crippen molar-refractivity contribution in [1.82, 2.24) is 9.13 Å². The first-order chi connectivity index (χ1) is 24.7. The van der Waals surface area contributed by atoms with Gasteiger partial charge in [0.2, 0.25) is 0 Å². The van der Waals surface area contributed by atoms with Crippen molar-refractivity contribution in [3.05, 3.63) is 174 Å². The molecule has 0 aliphatic heterocycles. The molecule has 0 saturated heterocycles. The van der Waals surface area contributed by atoms with Gasteiger partial charge >= 0.3 is 0 Å². The van der Waals surface area contributed by atoms with Crippen molar-refractivity contribution < 1.29 is 0 Å². The van der Waals surface area contributed by atoms with Gasteiger partial charge in [-0.1, -0.05) is 84.9 Å². The normalized spacial score (nSPS) is 11.1. The van der Waals surface area contributed by atoms with Crippen molar-refractivity contribution in [2.45, 2.75) is 0 Å². The average Bonchev–Trinajstić information content (AvgIpc) is 3.70. The van der Waals surface area contributed by atoms with Crippen LogP contribution in [-0.4, -0.2) is 9.13 Å². The van der Waals surface area contributed by atoms with Crippen LogP contribution in [0.15, 0.2) is 152 Å². The molecule has 50 heavy (non-hydrogen) atoms. The summed E-state index contributed by atoms with van der Waals surface area (Å²) in [6, 6.07) is 55.5. The third kappa shape index (κ3) is 4.38. The first kappa shape index (κ1) is 28.8. The van der Waals surface area contributed by atoms with Gasteiger partial charge in [-0.25, -0.2) is 4.85 Å². The van der Waals surface area contributed by atoms with Gasteiger partial charge in [0.25, 0.3) is 0 Å². The van der Waals surface area contributed by atoms with Gasteiger partial charge in [0.05, 0.1) is 51.9 Å². The monoisotopic (exact) mass is 635 g/mol. The predicted molar refractivity (Wildman–Crippen MR) is 202 cm³/mol. The van der Waals surface area contributed by atoms with E-state index in [1.807, 2.05) is 78.9 Å². The number of rotatable bonds is 4. The Labute approximate surface area is 288 Å². The van der Waals surface area contributed by atoms with Gasteiger partial charge in [-0.15, -0.1) is 0 Å². The first-order valence-electron chi connectivity index (χ1n) is 16.3. The van der Waals surface area contributed by atoms with Crippen LogP contribution in [-0.2, 0) is 0 Å². The Morgan fingerprint density at radius 1 is 0.460 bits per heavy atom. The van der Waals surface area contributed by atoms with Crippen molar-refractivity contribution in [3.8, 4) is 45.8 Å². The van der Waals surface area contributed by atoms with Gasteiger partial charge in [0, 0.05) is 38.5 Å². The van der Waals surface area contributed by atoms with Gasteiger partial charge in [-0.3, -0.25) is 0 Å². The lowest BCUT2D eigenvalue weighted by Gasteiger charge is -2.18. The van der Waals surface area contributed by atoms with Crippen molar-refractivity contribution >= 4 is 49.3 Å². The van der Waals surface area contributed by atoms with E-state index in [-0.39, 0.29) is 0 Å². The van der Waals surface area contributed by atoms with Gasteiger partial charge in [-0.05, 0) is 83.4 Å². The van der Waals surface area contributed by atoms with E-state index in [2.05, 4.69) is 98.9 Å². The summed E-state index contributed by atoms with van der Waals surface area (Å²) in [5.41, 5.74) is 11.6. The fraction of sp³-hybridized carbons (Fsp3) is 0. The van der Waals surface area contributed by atoms with Gasteiger partial charge in [-0.2, -0.15) is 10.5 Å². The Hall–Kier alpha value is -7.39.